The maximum Gasteiger partial charge on any atom is 0.178 e. The van der Waals surface area contributed by atoms with Crippen LogP contribution in [-0.2, 0) is 4.74 Å². The van der Waals surface area contributed by atoms with Gasteiger partial charge >= 0.3 is 0 Å². The second-order valence-corrected chi connectivity index (χ2v) is 9.48. The van der Waals surface area contributed by atoms with Gasteiger partial charge in [-0.2, -0.15) is 0 Å². The monoisotopic (exact) mass is 502 g/mol. The molecule has 37 heavy (non-hydrogen) atoms. The largest absolute Gasteiger partial charge is 0.492 e. The van der Waals surface area contributed by atoms with Crippen LogP contribution < -0.4 is 10.2 Å². The summed E-state index contributed by atoms with van der Waals surface area (Å²) in [5.74, 6) is 1.43. The third kappa shape index (κ3) is 6.39. The number of fused-ring (bicyclic) bond motifs is 1. The number of aliphatic hydroxyl groups excluding tert-OH is 1. The second-order valence-electron chi connectivity index (χ2n) is 9.48. The van der Waals surface area contributed by atoms with Gasteiger partial charge < -0.3 is 29.9 Å². The number of aromatic amines is 1. The van der Waals surface area contributed by atoms with Crippen molar-refractivity contribution >= 4 is 16.9 Å². The highest BCUT2D eigenvalue weighted by molar-refractivity contribution is 5.79. The summed E-state index contributed by atoms with van der Waals surface area (Å²) in [7, 11) is 6.25. The van der Waals surface area contributed by atoms with Crippen LogP contribution in [0.1, 0.15) is 38.5 Å². The standard InChI is InChI=1S/C29H38N6O2/c1-6-20-9-8-10-25(37-7-2)24(19-20)31-29(36)23-15-16-30-28-26(23)32-27(33-28)21-11-13-22(14-12-21)35(5)18-17-34(3)4/h8,10-16,19,29,31,36H,6-7,9,17-18H2,1-5H3,(H,30,32,33). The first-order chi connectivity index (χ1) is 17.9. The molecule has 0 radical (unpaired) electrons. The van der Waals surface area contributed by atoms with Crippen LogP contribution in [0.5, 0.6) is 0 Å². The number of nitrogens with one attached hydrogen (secondary N) is 2. The minimum atomic E-state index is -0.974. The van der Waals surface area contributed by atoms with Crippen molar-refractivity contribution in [2.75, 3.05) is 45.7 Å². The molecule has 1 aromatic carbocycles. The molecule has 0 saturated carbocycles. The third-order valence-electron chi connectivity index (χ3n) is 6.49. The Morgan fingerprint density at radius 3 is 2.59 bits per heavy atom. The van der Waals surface area contributed by atoms with Crippen LogP contribution in [0.2, 0.25) is 0 Å². The van der Waals surface area contributed by atoms with Crippen molar-refractivity contribution in [3.8, 4) is 11.4 Å². The van der Waals surface area contributed by atoms with Gasteiger partial charge in [-0.3, -0.25) is 0 Å². The quantitative estimate of drug-likeness (QED) is 0.326. The SMILES string of the molecule is CCOC1=C(NC(O)c2ccnc3nc(-c4ccc(N(C)CCN(C)C)cc4)[nH]c23)C=C(CC)CC=C1. The molecular formula is C29H38N6O2. The molecule has 1 aliphatic carbocycles. The predicted octanol–water partition coefficient (Wildman–Crippen LogP) is 4.75. The average molecular weight is 503 g/mol. The van der Waals surface area contributed by atoms with Crippen molar-refractivity contribution in [2.24, 2.45) is 0 Å². The van der Waals surface area contributed by atoms with E-state index in [1.165, 1.54) is 5.57 Å². The Labute approximate surface area is 219 Å². The number of imidazole rings is 1. The van der Waals surface area contributed by atoms with Crippen LogP contribution in [-0.4, -0.2) is 65.8 Å². The van der Waals surface area contributed by atoms with Gasteiger partial charge in [0.2, 0.25) is 0 Å². The van der Waals surface area contributed by atoms with Crippen LogP contribution in [0.4, 0.5) is 5.69 Å². The van der Waals surface area contributed by atoms with Crippen LogP contribution in [0.25, 0.3) is 22.6 Å². The lowest BCUT2D eigenvalue weighted by atomic mass is 10.1. The Morgan fingerprint density at radius 1 is 1.11 bits per heavy atom. The normalized spacial score (nSPS) is 14.6. The number of nitrogens with zero attached hydrogens (tertiary/aromatic N) is 4. The summed E-state index contributed by atoms with van der Waals surface area (Å²) in [6.07, 6.45) is 8.63. The summed E-state index contributed by atoms with van der Waals surface area (Å²) in [4.78, 5) is 16.9. The molecule has 1 atom stereocenters. The Kier molecular flexibility index (Phi) is 8.63. The number of benzene rings is 1. The number of hydrogen-bond donors (Lipinski definition) is 3. The molecule has 4 rings (SSSR count). The molecule has 8 nitrogen and oxygen atoms in total. The zero-order valence-electron chi connectivity index (χ0n) is 22.5. The Hall–Kier alpha value is -3.62. The molecule has 1 unspecified atom stereocenters. The van der Waals surface area contributed by atoms with Crippen molar-refractivity contribution < 1.29 is 9.84 Å². The number of anilines is 1. The van der Waals surface area contributed by atoms with Gasteiger partial charge in [0.1, 0.15) is 11.6 Å². The average Bonchev–Trinajstić information content (AvgIpc) is 3.25. The van der Waals surface area contributed by atoms with Crippen LogP contribution in [0.3, 0.4) is 0 Å². The minimum absolute atomic E-state index is 0.546. The molecule has 0 bridgehead atoms. The Balaban J connectivity index is 1.59. The van der Waals surface area contributed by atoms with E-state index in [9.17, 15) is 5.11 Å². The molecule has 0 spiro atoms. The van der Waals surface area contributed by atoms with Crippen molar-refractivity contribution in [3.63, 3.8) is 0 Å². The highest BCUT2D eigenvalue weighted by Gasteiger charge is 2.18. The van der Waals surface area contributed by atoms with Crippen molar-refractivity contribution in [1.82, 2.24) is 25.2 Å². The maximum absolute atomic E-state index is 11.2. The molecule has 0 amide bonds. The molecule has 1 aliphatic rings. The fourth-order valence-electron chi connectivity index (χ4n) is 4.25. The summed E-state index contributed by atoms with van der Waals surface area (Å²) < 4.78 is 5.84. The fraction of sp³-hybridized carbons (Fsp3) is 0.379. The van der Waals surface area contributed by atoms with Crippen molar-refractivity contribution in [1.29, 1.82) is 0 Å². The first-order valence-corrected chi connectivity index (χ1v) is 12.9. The smallest absolute Gasteiger partial charge is 0.178 e. The predicted molar refractivity (Wildman–Crippen MR) is 150 cm³/mol. The lowest BCUT2D eigenvalue weighted by Crippen LogP contribution is -2.28. The second kappa shape index (κ2) is 12.1. The number of allylic oxidation sites excluding steroid dienone is 4. The van der Waals surface area contributed by atoms with E-state index in [1.54, 1.807) is 6.20 Å². The summed E-state index contributed by atoms with van der Waals surface area (Å²) in [5.41, 5.74) is 6.07. The molecule has 0 aliphatic heterocycles. The molecule has 0 saturated heterocycles. The number of H-pyrrole nitrogens is 1. The van der Waals surface area contributed by atoms with Crippen molar-refractivity contribution in [3.05, 3.63) is 77.3 Å². The summed E-state index contributed by atoms with van der Waals surface area (Å²) in [6, 6.07) is 10.1. The number of pyridine rings is 1. The van der Waals surface area contributed by atoms with E-state index < -0.39 is 6.23 Å². The first-order valence-electron chi connectivity index (χ1n) is 12.9. The van der Waals surface area contributed by atoms with Gasteiger partial charge in [0.05, 0.1) is 17.8 Å². The number of aromatic nitrogens is 3. The molecule has 196 valence electrons. The van der Waals surface area contributed by atoms with Crippen LogP contribution >= 0.6 is 0 Å². The van der Waals surface area contributed by atoms with Gasteiger partial charge in [0.25, 0.3) is 0 Å². The maximum atomic E-state index is 11.2. The lowest BCUT2D eigenvalue weighted by Gasteiger charge is -2.21. The van der Waals surface area contributed by atoms with E-state index in [4.69, 9.17) is 9.72 Å². The molecule has 0 fully saturated rings. The van der Waals surface area contributed by atoms with Crippen LogP contribution in [0.15, 0.2) is 71.8 Å². The van der Waals surface area contributed by atoms with E-state index >= 15 is 0 Å². The zero-order valence-corrected chi connectivity index (χ0v) is 22.5. The lowest BCUT2D eigenvalue weighted by molar-refractivity contribution is 0.149. The van der Waals surface area contributed by atoms with Gasteiger partial charge in [0, 0.05) is 43.1 Å². The zero-order chi connectivity index (χ0) is 26.4. The topological polar surface area (TPSA) is 89.5 Å². The molecule has 2 aromatic heterocycles. The van der Waals surface area contributed by atoms with Gasteiger partial charge in [0.15, 0.2) is 11.9 Å². The highest BCUT2D eigenvalue weighted by atomic mass is 16.5. The molecule has 3 N–H and O–H groups in total. The van der Waals surface area contributed by atoms with Gasteiger partial charge in [-0.25, -0.2) is 9.97 Å². The van der Waals surface area contributed by atoms with E-state index in [0.717, 1.165) is 48.6 Å². The van der Waals surface area contributed by atoms with E-state index in [0.29, 0.717) is 29.2 Å². The highest BCUT2D eigenvalue weighted by Crippen LogP contribution is 2.27. The van der Waals surface area contributed by atoms with Gasteiger partial charge in [-0.15, -0.1) is 0 Å². The van der Waals surface area contributed by atoms with Gasteiger partial charge in [-0.1, -0.05) is 18.6 Å². The molecule has 3 aromatic rings. The fourth-order valence-corrected chi connectivity index (χ4v) is 4.25. The number of hydrogen-bond acceptors (Lipinski definition) is 7. The van der Waals surface area contributed by atoms with E-state index in [1.807, 2.05) is 19.1 Å². The number of aliphatic hydroxyl groups is 1. The minimum Gasteiger partial charge on any atom is -0.492 e. The summed E-state index contributed by atoms with van der Waals surface area (Å²) >= 11 is 0. The number of ether oxygens (including phenoxy) is 1. The first kappa shape index (κ1) is 26.4. The summed E-state index contributed by atoms with van der Waals surface area (Å²) in [5, 5.41) is 14.5. The molecule has 2 heterocycles. The Morgan fingerprint density at radius 2 is 1.89 bits per heavy atom. The Bertz CT molecular complexity index is 1290. The molecule has 8 heteroatoms. The summed E-state index contributed by atoms with van der Waals surface area (Å²) in [6.45, 7) is 6.57. The van der Waals surface area contributed by atoms with Crippen molar-refractivity contribution in [2.45, 2.75) is 32.9 Å². The van der Waals surface area contributed by atoms with E-state index in [2.05, 4.69) is 89.6 Å². The number of rotatable bonds is 11. The molecular weight excluding hydrogens is 464 g/mol. The van der Waals surface area contributed by atoms with E-state index in [-0.39, 0.29) is 0 Å². The van der Waals surface area contributed by atoms with Gasteiger partial charge in [-0.05, 0) is 76.3 Å². The third-order valence-corrected chi connectivity index (χ3v) is 6.49. The van der Waals surface area contributed by atoms with Crippen LogP contribution in [0, 0.1) is 0 Å². The number of likely N-dealkylation sites (N-methyl/N-ethyl adjacent to an activating group) is 2.